The summed E-state index contributed by atoms with van der Waals surface area (Å²) in [4.78, 5) is 10.4. The summed E-state index contributed by atoms with van der Waals surface area (Å²) in [6.45, 7) is 0. The molecular weight excluding hydrogens is 821 g/mol. The average molecular weight is 853 g/mol. The van der Waals surface area contributed by atoms with Crippen molar-refractivity contribution in [1.82, 2.24) is 9.97 Å². The number of rotatable bonds is 6. The lowest BCUT2D eigenvalue weighted by molar-refractivity contribution is 0.592. The lowest BCUT2D eigenvalue weighted by Crippen LogP contribution is -2.25. The number of fused-ring (bicyclic) bond motifs is 6. The molecule has 0 aliphatic heterocycles. The molecule has 3 nitrogen and oxygen atoms in total. The first-order chi connectivity index (χ1) is 27.5. The Hall–Kier alpha value is -6.01. The zero-order chi connectivity index (χ0) is 37.8. The molecule has 0 aliphatic carbocycles. The van der Waals surface area contributed by atoms with Crippen molar-refractivity contribution in [1.29, 1.82) is 0 Å². The van der Waals surface area contributed by atoms with E-state index >= 15 is 8.96 Å². The van der Waals surface area contributed by atoms with Crippen LogP contribution in [0.2, 0.25) is 0 Å². The van der Waals surface area contributed by atoms with E-state index in [1.54, 1.807) is 0 Å². The van der Waals surface area contributed by atoms with Gasteiger partial charge in [0, 0.05) is 62.9 Å². The Morgan fingerprint density at radius 2 is 0.893 bits per heavy atom. The van der Waals surface area contributed by atoms with E-state index in [0.29, 0.717) is 33.1 Å². The van der Waals surface area contributed by atoms with Crippen LogP contribution in [0.15, 0.2) is 188 Å². The molecule has 0 atom stereocenters. The van der Waals surface area contributed by atoms with Gasteiger partial charge in [0.1, 0.15) is 5.82 Å². The maximum atomic E-state index is 18.0. The highest BCUT2D eigenvalue weighted by molar-refractivity contribution is 14.1. The summed E-state index contributed by atoms with van der Waals surface area (Å²) in [5.74, 6) is -0.321. The molecular formula is C50H31FIN2OP. The SMILES string of the molecule is O=P(c1ccccc1)(c1ccccc1)c1cccc(-c2ccc3c(c2)nc(-c2ccccc2)c2c(I)c4c(c(-c5ccccc5)nc5ccccc54)c(F)c23)c1. The third-order valence-electron chi connectivity index (χ3n) is 10.6. The van der Waals surface area contributed by atoms with Crippen LogP contribution in [0.5, 0.6) is 0 Å². The summed E-state index contributed by atoms with van der Waals surface area (Å²) in [7, 11) is -3.21. The summed E-state index contributed by atoms with van der Waals surface area (Å²) < 4.78 is 34.2. The molecule has 0 amide bonds. The summed E-state index contributed by atoms with van der Waals surface area (Å²) in [5.41, 5.74) is 6.34. The fraction of sp³-hybridized carbons (Fsp3) is 0. The molecule has 2 heterocycles. The first kappa shape index (κ1) is 34.5. The van der Waals surface area contributed by atoms with Gasteiger partial charge >= 0.3 is 0 Å². The largest absolute Gasteiger partial charge is 0.309 e. The normalized spacial score (nSPS) is 11.8. The van der Waals surface area contributed by atoms with Crippen LogP contribution in [0, 0.1) is 9.39 Å². The van der Waals surface area contributed by atoms with Gasteiger partial charge in [-0.3, -0.25) is 0 Å². The first-order valence-electron chi connectivity index (χ1n) is 18.4. The molecule has 0 radical (unpaired) electrons. The summed E-state index contributed by atoms with van der Waals surface area (Å²) in [6, 6.07) is 61.3. The van der Waals surface area contributed by atoms with Gasteiger partial charge in [0.25, 0.3) is 0 Å². The lowest BCUT2D eigenvalue weighted by Gasteiger charge is -2.21. The standard InChI is InChI=1S/C50H31FIN2OP/c51-47-43-40-29-28-35(34-20-15-25-38(30-34)56(55,36-21-9-3-10-22-36)37-23-11-4-12-24-37)31-42(40)54-50(33-18-7-2-8-19-33)46(43)48(52)44-39-26-13-14-27-41(39)53-49(45(44)47)32-16-5-1-6-17-32/h1-31H. The van der Waals surface area contributed by atoms with E-state index in [2.05, 4.69) is 22.6 Å². The van der Waals surface area contributed by atoms with E-state index in [1.165, 1.54) is 0 Å². The van der Waals surface area contributed by atoms with Crippen LogP contribution in [0.3, 0.4) is 0 Å². The minimum Gasteiger partial charge on any atom is -0.309 e. The van der Waals surface area contributed by atoms with Crippen LogP contribution in [0.1, 0.15) is 0 Å². The second-order valence-corrected chi connectivity index (χ2v) is 17.7. The molecule has 0 unspecified atom stereocenters. The highest BCUT2D eigenvalue weighted by atomic mass is 127. The Bertz CT molecular complexity index is 3130. The van der Waals surface area contributed by atoms with Crippen LogP contribution in [0.25, 0.3) is 77.0 Å². The molecule has 2 aromatic heterocycles. The molecule has 6 heteroatoms. The second-order valence-electron chi connectivity index (χ2n) is 13.9. The van der Waals surface area contributed by atoms with E-state index in [4.69, 9.17) is 9.97 Å². The molecule has 266 valence electrons. The maximum absolute atomic E-state index is 18.0. The second kappa shape index (κ2) is 13.9. The highest BCUT2D eigenvalue weighted by Crippen LogP contribution is 2.47. The number of benzene rings is 8. The summed E-state index contributed by atoms with van der Waals surface area (Å²) >= 11 is 2.40. The Morgan fingerprint density at radius 1 is 0.411 bits per heavy atom. The van der Waals surface area contributed by atoms with Crippen LogP contribution < -0.4 is 15.9 Å². The molecule has 0 saturated heterocycles. The van der Waals surface area contributed by atoms with Gasteiger partial charge in [0.15, 0.2) is 7.14 Å². The molecule has 56 heavy (non-hydrogen) atoms. The van der Waals surface area contributed by atoms with Crippen molar-refractivity contribution < 1.29 is 8.96 Å². The molecule has 10 aromatic rings. The predicted molar refractivity (Wildman–Crippen MR) is 240 cm³/mol. The molecule has 0 spiro atoms. The first-order valence-corrected chi connectivity index (χ1v) is 21.2. The van der Waals surface area contributed by atoms with Gasteiger partial charge in [-0.2, -0.15) is 0 Å². The number of nitrogens with zero attached hydrogens (tertiary/aromatic N) is 2. The minimum atomic E-state index is -3.21. The van der Waals surface area contributed by atoms with Crippen LogP contribution >= 0.6 is 29.7 Å². The Labute approximate surface area is 337 Å². The smallest absolute Gasteiger partial charge is 0.171 e. The molecule has 0 fully saturated rings. The van der Waals surface area contributed by atoms with Gasteiger partial charge < -0.3 is 4.57 Å². The topological polar surface area (TPSA) is 42.9 Å². The van der Waals surface area contributed by atoms with E-state index in [-0.39, 0.29) is 5.82 Å². The fourth-order valence-electron chi connectivity index (χ4n) is 8.00. The van der Waals surface area contributed by atoms with Crippen molar-refractivity contribution in [3.63, 3.8) is 0 Å². The Balaban J connectivity index is 1.26. The lowest BCUT2D eigenvalue weighted by atomic mass is 9.92. The van der Waals surface area contributed by atoms with E-state index in [0.717, 1.165) is 63.4 Å². The van der Waals surface area contributed by atoms with Gasteiger partial charge in [-0.05, 0) is 51.9 Å². The van der Waals surface area contributed by atoms with Gasteiger partial charge in [-0.1, -0.05) is 170 Å². The molecule has 0 saturated carbocycles. The third-order valence-corrected chi connectivity index (χ3v) is 14.8. The Morgan fingerprint density at radius 3 is 1.54 bits per heavy atom. The van der Waals surface area contributed by atoms with Crippen LogP contribution in [0.4, 0.5) is 4.39 Å². The fourth-order valence-corrected chi connectivity index (χ4v) is 11.8. The van der Waals surface area contributed by atoms with Crippen molar-refractivity contribution in [2.75, 3.05) is 0 Å². The van der Waals surface area contributed by atoms with Gasteiger partial charge in [0.2, 0.25) is 0 Å². The van der Waals surface area contributed by atoms with Crippen molar-refractivity contribution in [2.45, 2.75) is 0 Å². The molecule has 0 aliphatic rings. The molecule has 0 N–H and O–H groups in total. The van der Waals surface area contributed by atoms with E-state index < -0.39 is 7.14 Å². The quantitative estimate of drug-likeness (QED) is 0.0724. The average Bonchev–Trinajstić information content (AvgIpc) is 3.27. The number of para-hydroxylation sites is 1. The molecule has 10 rings (SSSR count). The van der Waals surface area contributed by atoms with Crippen molar-refractivity contribution in [2.24, 2.45) is 0 Å². The number of hydrogen-bond acceptors (Lipinski definition) is 3. The minimum absolute atomic E-state index is 0.321. The Kier molecular flexibility index (Phi) is 8.58. The molecule has 8 aromatic carbocycles. The number of pyridine rings is 2. The highest BCUT2D eigenvalue weighted by Gasteiger charge is 2.30. The summed E-state index contributed by atoms with van der Waals surface area (Å²) in [5, 5.41) is 6.50. The van der Waals surface area contributed by atoms with Crippen LogP contribution in [-0.2, 0) is 4.57 Å². The summed E-state index contributed by atoms with van der Waals surface area (Å²) in [6.07, 6.45) is 0. The zero-order valence-electron chi connectivity index (χ0n) is 29.9. The third kappa shape index (κ3) is 5.57. The monoisotopic (exact) mass is 852 g/mol. The van der Waals surface area contributed by atoms with Gasteiger partial charge in [-0.15, -0.1) is 0 Å². The van der Waals surface area contributed by atoms with Crippen molar-refractivity contribution >= 4 is 89.0 Å². The number of aromatic nitrogens is 2. The van der Waals surface area contributed by atoms with Crippen molar-refractivity contribution in [3.05, 3.63) is 197 Å². The molecule has 0 bridgehead atoms. The van der Waals surface area contributed by atoms with Gasteiger partial charge in [-0.25, -0.2) is 14.4 Å². The zero-order valence-corrected chi connectivity index (χ0v) is 33.0. The van der Waals surface area contributed by atoms with Crippen molar-refractivity contribution in [3.8, 4) is 33.6 Å². The predicted octanol–water partition coefficient (Wildman–Crippen LogP) is 12.5. The number of halogens is 2. The van der Waals surface area contributed by atoms with E-state index in [9.17, 15) is 0 Å². The van der Waals surface area contributed by atoms with Crippen LogP contribution in [-0.4, -0.2) is 9.97 Å². The maximum Gasteiger partial charge on any atom is 0.171 e. The number of hydrogen-bond donors (Lipinski definition) is 0. The van der Waals surface area contributed by atoms with E-state index in [1.807, 2.05) is 188 Å². The van der Waals surface area contributed by atoms with Gasteiger partial charge in [0.05, 0.1) is 22.4 Å².